The maximum atomic E-state index is 0. The Morgan fingerprint density at radius 1 is 0.400 bits per heavy atom. The predicted octanol–water partition coefficient (Wildman–Crippen LogP) is -12.0. The fraction of sp³-hybridized carbons (Fsp3) is 0. The number of hydrogen-bond acceptors (Lipinski definition) is 0. The van der Waals surface area contributed by atoms with Crippen LogP contribution >= 0.6 is 0 Å². The van der Waals surface area contributed by atoms with Gasteiger partial charge in [0.15, 0.2) is 0 Å². The molecule has 0 amide bonds. The SMILES string of the molecule is [Br-].[Br-].[Br-].[Br-].[Ir+3]. The molecule has 0 radical (unpaired) electrons. The standard InChI is InChI=1S/4BrH.Ir/h4*1H;/q;;;;+3/p-4. The molecule has 0 saturated carbocycles. The van der Waals surface area contributed by atoms with Crippen LogP contribution < -0.4 is 67.9 Å². The van der Waals surface area contributed by atoms with E-state index in [9.17, 15) is 0 Å². The first-order valence-electron chi connectivity index (χ1n) is 0. The summed E-state index contributed by atoms with van der Waals surface area (Å²) in [4.78, 5) is 0. The fourth-order valence-electron chi connectivity index (χ4n) is 0. The quantitative estimate of drug-likeness (QED) is 0.303. The Kier molecular flexibility index (Phi) is 305. The molecule has 0 bridgehead atoms. The van der Waals surface area contributed by atoms with E-state index >= 15 is 0 Å². The van der Waals surface area contributed by atoms with Crippen molar-refractivity contribution in [3.05, 3.63) is 0 Å². The van der Waals surface area contributed by atoms with Gasteiger partial charge in [-0.1, -0.05) is 0 Å². The minimum atomic E-state index is 0. The van der Waals surface area contributed by atoms with Gasteiger partial charge < -0.3 is 67.9 Å². The van der Waals surface area contributed by atoms with E-state index in [4.69, 9.17) is 0 Å². The van der Waals surface area contributed by atoms with Gasteiger partial charge in [0.2, 0.25) is 0 Å². The van der Waals surface area contributed by atoms with E-state index < -0.39 is 0 Å². The molecule has 0 aromatic heterocycles. The summed E-state index contributed by atoms with van der Waals surface area (Å²) in [7, 11) is 0. The first-order valence-corrected chi connectivity index (χ1v) is 0. The van der Waals surface area contributed by atoms with E-state index in [-0.39, 0.29) is 88.0 Å². The van der Waals surface area contributed by atoms with Crippen molar-refractivity contribution in [2.24, 2.45) is 0 Å². The van der Waals surface area contributed by atoms with Crippen LogP contribution in [0.2, 0.25) is 0 Å². The van der Waals surface area contributed by atoms with Gasteiger partial charge in [0.05, 0.1) is 0 Å². The topological polar surface area (TPSA) is 0 Å². The molecule has 5 heavy (non-hydrogen) atoms. The van der Waals surface area contributed by atoms with E-state index in [2.05, 4.69) is 0 Å². The van der Waals surface area contributed by atoms with Gasteiger partial charge in [0.1, 0.15) is 0 Å². The second-order valence-corrected chi connectivity index (χ2v) is 0. The molecule has 0 aliphatic carbocycles. The van der Waals surface area contributed by atoms with Gasteiger partial charge in [0.25, 0.3) is 0 Å². The Labute approximate surface area is 86.9 Å². The molecule has 0 nitrogen and oxygen atoms in total. The predicted molar refractivity (Wildman–Crippen MR) is 0 cm³/mol. The second kappa shape index (κ2) is 30.9. The minimum Gasteiger partial charge on any atom is -1.00 e. The first-order chi connectivity index (χ1) is 0. The zero-order valence-corrected chi connectivity index (χ0v) is 10.6. The molecule has 0 aromatic carbocycles. The van der Waals surface area contributed by atoms with Gasteiger partial charge in [0, 0.05) is 0 Å². The molecule has 0 aliphatic heterocycles. The zero-order valence-electron chi connectivity index (χ0n) is 1.85. The number of hydrogen-bond donors (Lipinski definition) is 0. The largest absolute Gasteiger partial charge is 3.00 e. The summed E-state index contributed by atoms with van der Waals surface area (Å²) in [5.41, 5.74) is 0. The number of rotatable bonds is 0. The third-order valence-electron chi connectivity index (χ3n) is 0. The third kappa shape index (κ3) is 20.8. The Hall–Kier alpha value is 2.57. The van der Waals surface area contributed by atoms with E-state index in [1.807, 2.05) is 0 Å². The second-order valence-electron chi connectivity index (χ2n) is 0. The van der Waals surface area contributed by atoms with Crippen molar-refractivity contribution in [2.75, 3.05) is 0 Å². The van der Waals surface area contributed by atoms with Gasteiger partial charge >= 0.3 is 20.1 Å². The maximum absolute atomic E-state index is 0. The average Bonchev–Trinajstić information content (AvgIpc) is 0. The van der Waals surface area contributed by atoms with Gasteiger partial charge in [-0.15, -0.1) is 0 Å². The molecule has 0 fully saturated rings. The summed E-state index contributed by atoms with van der Waals surface area (Å²) in [5, 5.41) is 0. The number of halogens is 4. The summed E-state index contributed by atoms with van der Waals surface area (Å²) in [6, 6.07) is 0. The summed E-state index contributed by atoms with van der Waals surface area (Å²) in [6.07, 6.45) is 0. The summed E-state index contributed by atoms with van der Waals surface area (Å²) >= 11 is 0. The van der Waals surface area contributed by atoms with Crippen LogP contribution in [-0.2, 0) is 20.1 Å². The van der Waals surface area contributed by atoms with E-state index in [0.29, 0.717) is 0 Å². The molecule has 0 rings (SSSR count). The van der Waals surface area contributed by atoms with Gasteiger partial charge in [-0.3, -0.25) is 0 Å². The molecular formula is Br4Ir-. The Balaban J connectivity index is 0. The van der Waals surface area contributed by atoms with Crippen LogP contribution in [-0.4, -0.2) is 0 Å². The van der Waals surface area contributed by atoms with Crippen LogP contribution in [0.25, 0.3) is 0 Å². The molecular weight excluding hydrogens is 512 g/mol. The molecule has 0 N–H and O–H groups in total. The van der Waals surface area contributed by atoms with E-state index in [0.717, 1.165) is 0 Å². The fourth-order valence-corrected chi connectivity index (χ4v) is 0. The van der Waals surface area contributed by atoms with Crippen molar-refractivity contribution in [1.82, 2.24) is 0 Å². The molecule has 0 heterocycles. The Morgan fingerprint density at radius 3 is 0.400 bits per heavy atom. The molecule has 0 aromatic rings. The zero-order chi connectivity index (χ0) is 0. The third-order valence-corrected chi connectivity index (χ3v) is 0. The van der Waals surface area contributed by atoms with Crippen LogP contribution in [0.15, 0.2) is 0 Å². The van der Waals surface area contributed by atoms with Gasteiger partial charge in [-0.25, -0.2) is 0 Å². The van der Waals surface area contributed by atoms with Crippen molar-refractivity contribution in [3.63, 3.8) is 0 Å². The molecule has 5 heteroatoms. The molecule has 0 unspecified atom stereocenters. The molecule has 0 aliphatic rings. The summed E-state index contributed by atoms with van der Waals surface area (Å²) < 4.78 is 0. The summed E-state index contributed by atoms with van der Waals surface area (Å²) in [5.74, 6) is 0. The monoisotopic (exact) mass is 509 g/mol. The molecule has 0 saturated heterocycles. The van der Waals surface area contributed by atoms with Crippen molar-refractivity contribution < 1.29 is 88.0 Å². The summed E-state index contributed by atoms with van der Waals surface area (Å²) in [6.45, 7) is 0. The maximum Gasteiger partial charge on any atom is 3.00 e. The van der Waals surface area contributed by atoms with Crippen LogP contribution in [0.5, 0.6) is 0 Å². The van der Waals surface area contributed by atoms with Crippen LogP contribution in [0.3, 0.4) is 0 Å². The average molecular weight is 512 g/mol. The van der Waals surface area contributed by atoms with Gasteiger partial charge in [-0.2, -0.15) is 0 Å². The van der Waals surface area contributed by atoms with Gasteiger partial charge in [-0.05, 0) is 0 Å². The van der Waals surface area contributed by atoms with E-state index in [1.54, 1.807) is 0 Å². The van der Waals surface area contributed by atoms with Crippen molar-refractivity contribution in [3.8, 4) is 0 Å². The Morgan fingerprint density at radius 2 is 0.400 bits per heavy atom. The van der Waals surface area contributed by atoms with Crippen molar-refractivity contribution >= 4 is 0 Å². The van der Waals surface area contributed by atoms with Crippen LogP contribution in [0, 0.1) is 0 Å². The minimum absolute atomic E-state index is 0. The van der Waals surface area contributed by atoms with Crippen LogP contribution in [0.1, 0.15) is 0 Å². The first kappa shape index (κ1) is 49.5. The molecule has 0 spiro atoms. The molecule has 0 atom stereocenters. The van der Waals surface area contributed by atoms with E-state index in [1.165, 1.54) is 0 Å². The normalized spacial score (nSPS) is 0. The van der Waals surface area contributed by atoms with Crippen molar-refractivity contribution in [2.45, 2.75) is 0 Å². The molecule has 38 valence electrons. The smallest absolute Gasteiger partial charge is 1.00 e. The van der Waals surface area contributed by atoms with Crippen molar-refractivity contribution in [1.29, 1.82) is 0 Å². The Bertz CT molecular complexity index is 3.61. The van der Waals surface area contributed by atoms with Crippen LogP contribution in [0.4, 0.5) is 0 Å².